The zero-order chi connectivity index (χ0) is 14.3. The van der Waals surface area contributed by atoms with Gasteiger partial charge in [0, 0.05) is 11.5 Å². The van der Waals surface area contributed by atoms with E-state index in [1.54, 1.807) is 4.90 Å². The first kappa shape index (κ1) is 13.2. The SMILES string of the molecule is Cc1ccc(N2C(=O)CN(C)c3ccccc32)cc1Br. The molecule has 1 heterocycles. The van der Waals surface area contributed by atoms with Crippen molar-refractivity contribution in [3.05, 3.63) is 52.5 Å². The van der Waals surface area contributed by atoms with Crippen LogP contribution < -0.4 is 9.80 Å². The second-order valence-corrected chi connectivity index (χ2v) is 5.86. The van der Waals surface area contributed by atoms with Gasteiger partial charge in [0.15, 0.2) is 0 Å². The molecule has 102 valence electrons. The van der Waals surface area contributed by atoms with Gasteiger partial charge in [-0.15, -0.1) is 0 Å². The van der Waals surface area contributed by atoms with Gasteiger partial charge in [-0.05, 0) is 36.8 Å². The number of benzene rings is 2. The lowest BCUT2D eigenvalue weighted by molar-refractivity contribution is -0.116. The van der Waals surface area contributed by atoms with Crippen LogP contribution in [-0.4, -0.2) is 19.5 Å². The highest BCUT2D eigenvalue weighted by molar-refractivity contribution is 9.10. The summed E-state index contributed by atoms with van der Waals surface area (Å²) < 4.78 is 1.01. The van der Waals surface area contributed by atoms with E-state index in [1.165, 1.54) is 0 Å². The number of aryl methyl sites for hydroxylation is 1. The van der Waals surface area contributed by atoms with E-state index in [1.807, 2.05) is 61.3 Å². The van der Waals surface area contributed by atoms with E-state index < -0.39 is 0 Å². The van der Waals surface area contributed by atoms with E-state index in [-0.39, 0.29) is 5.91 Å². The fourth-order valence-corrected chi connectivity index (χ4v) is 2.84. The predicted octanol–water partition coefficient (Wildman–Crippen LogP) is 3.87. The molecule has 1 amide bonds. The predicted molar refractivity (Wildman–Crippen MR) is 85.7 cm³/mol. The summed E-state index contributed by atoms with van der Waals surface area (Å²) in [6, 6.07) is 14.0. The summed E-state index contributed by atoms with van der Waals surface area (Å²) in [4.78, 5) is 16.2. The Morgan fingerprint density at radius 3 is 2.50 bits per heavy atom. The molecule has 1 aliphatic heterocycles. The number of amides is 1. The molecule has 0 saturated carbocycles. The van der Waals surface area contributed by atoms with Crippen LogP contribution in [0.1, 0.15) is 5.56 Å². The van der Waals surface area contributed by atoms with Crippen molar-refractivity contribution in [2.75, 3.05) is 23.4 Å². The number of carbonyl (C=O) groups is 1. The number of nitrogens with zero attached hydrogens (tertiary/aromatic N) is 2. The molecule has 0 radical (unpaired) electrons. The van der Waals surface area contributed by atoms with Crippen molar-refractivity contribution in [1.29, 1.82) is 0 Å². The van der Waals surface area contributed by atoms with Crippen LogP contribution in [0.15, 0.2) is 46.9 Å². The first-order valence-corrected chi connectivity index (χ1v) is 7.26. The molecule has 20 heavy (non-hydrogen) atoms. The molecule has 0 atom stereocenters. The minimum Gasteiger partial charge on any atom is -0.364 e. The number of anilines is 3. The van der Waals surface area contributed by atoms with Gasteiger partial charge < -0.3 is 4.90 Å². The summed E-state index contributed by atoms with van der Waals surface area (Å²) in [7, 11) is 1.94. The highest BCUT2D eigenvalue weighted by Crippen LogP contribution is 2.38. The van der Waals surface area contributed by atoms with Gasteiger partial charge in [-0.1, -0.05) is 34.1 Å². The normalized spacial score (nSPS) is 14.4. The standard InChI is InChI=1S/C16H15BrN2O/c1-11-7-8-12(9-13(11)17)19-15-6-4-3-5-14(15)18(2)10-16(19)20/h3-9H,10H2,1-2H3. The molecule has 0 spiro atoms. The number of likely N-dealkylation sites (N-methyl/N-ethyl adjacent to an activating group) is 1. The van der Waals surface area contributed by atoms with Crippen LogP contribution in [0.3, 0.4) is 0 Å². The number of hydrogen-bond acceptors (Lipinski definition) is 2. The lowest BCUT2D eigenvalue weighted by Gasteiger charge is -2.35. The van der Waals surface area contributed by atoms with Crippen molar-refractivity contribution in [2.45, 2.75) is 6.92 Å². The Labute approximate surface area is 126 Å². The molecular formula is C16H15BrN2O. The van der Waals surface area contributed by atoms with Gasteiger partial charge in [0.2, 0.25) is 0 Å². The second-order valence-electron chi connectivity index (χ2n) is 5.01. The Bertz CT molecular complexity index is 684. The van der Waals surface area contributed by atoms with Crippen molar-refractivity contribution < 1.29 is 4.79 Å². The van der Waals surface area contributed by atoms with Crippen molar-refractivity contribution in [1.82, 2.24) is 0 Å². The van der Waals surface area contributed by atoms with Gasteiger partial charge in [-0.2, -0.15) is 0 Å². The fraction of sp³-hybridized carbons (Fsp3) is 0.188. The first-order valence-electron chi connectivity index (χ1n) is 6.47. The summed E-state index contributed by atoms with van der Waals surface area (Å²) in [5.41, 5.74) is 4.06. The summed E-state index contributed by atoms with van der Waals surface area (Å²) in [6.45, 7) is 2.43. The molecule has 1 aliphatic rings. The third-order valence-corrected chi connectivity index (χ3v) is 4.42. The molecule has 0 saturated heterocycles. The highest BCUT2D eigenvalue weighted by atomic mass is 79.9. The van der Waals surface area contributed by atoms with E-state index in [0.29, 0.717) is 6.54 Å². The monoisotopic (exact) mass is 330 g/mol. The van der Waals surface area contributed by atoms with Crippen LogP contribution in [0.5, 0.6) is 0 Å². The van der Waals surface area contributed by atoms with Crippen LogP contribution in [0.4, 0.5) is 17.1 Å². The van der Waals surface area contributed by atoms with E-state index >= 15 is 0 Å². The Hall–Kier alpha value is -1.81. The largest absolute Gasteiger partial charge is 0.364 e. The minimum atomic E-state index is 0.0851. The number of halogens is 1. The fourth-order valence-electron chi connectivity index (χ4n) is 2.47. The Morgan fingerprint density at radius 1 is 1.10 bits per heavy atom. The Kier molecular flexibility index (Phi) is 3.26. The van der Waals surface area contributed by atoms with Gasteiger partial charge >= 0.3 is 0 Å². The molecule has 2 aromatic carbocycles. The van der Waals surface area contributed by atoms with E-state index in [9.17, 15) is 4.79 Å². The highest BCUT2D eigenvalue weighted by Gasteiger charge is 2.28. The molecule has 3 nitrogen and oxygen atoms in total. The molecule has 0 unspecified atom stereocenters. The molecule has 0 aromatic heterocycles. The first-order chi connectivity index (χ1) is 9.58. The molecule has 0 fully saturated rings. The maximum Gasteiger partial charge on any atom is 0.251 e. The summed E-state index contributed by atoms with van der Waals surface area (Å²) >= 11 is 3.54. The molecule has 0 bridgehead atoms. The number of hydrogen-bond donors (Lipinski definition) is 0. The van der Waals surface area contributed by atoms with Gasteiger partial charge in [0.1, 0.15) is 0 Å². The van der Waals surface area contributed by atoms with Crippen molar-refractivity contribution in [3.8, 4) is 0 Å². The quantitative estimate of drug-likeness (QED) is 0.792. The van der Waals surface area contributed by atoms with Crippen LogP contribution in [0.2, 0.25) is 0 Å². The molecular weight excluding hydrogens is 316 g/mol. The summed E-state index contributed by atoms with van der Waals surface area (Å²) in [5, 5.41) is 0. The second kappa shape index (κ2) is 4.94. The maximum atomic E-state index is 12.4. The summed E-state index contributed by atoms with van der Waals surface area (Å²) in [6.07, 6.45) is 0. The molecule has 4 heteroatoms. The molecule has 3 rings (SSSR count). The number of fused-ring (bicyclic) bond motifs is 1. The van der Waals surface area contributed by atoms with Crippen molar-refractivity contribution >= 4 is 38.9 Å². The molecule has 0 aliphatic carbocycles. The summed E-state index contributed by atoms with van der Waals surface area (Å²) in [5.74, 6) is 0.0851. The lowest BCUT2D eigenvalue weighted by atomic mass is 10.1. The third kappa shape index (κ3) is 2.10. The van der Waals surface area contributed by atoms with Crippen LogP contribution >= 0.6 is 15.9 Å². The van der Waals surface area contributed by atoms with Gasteiger partial charge in [0.05, 0.1) is 23.6 Å². The zero-order valence-electron chi connectivity index (χ0n) is 11.4. The maximum absolute atomic E-state index is 12.4. The zero-order valence-corrected chi connectivity index (χ0v) is 13.0. The third-order valence-electron chi connectivity index (χ3n) is 3.57. The van der Waals surface area contributed by atoms with Crippen LogP contribution in [-0.2, 0) is 4.79 Å². The van der Waals surface area contributed by atoms with Gasteiger partial charge in [-0.25, -0.2) is 0 Å². The average Bonchev–Trinajstić information content (AvgIpc) is 2.43. The molecule has 2 aromatic rings. The number of rotatable bonds is 1. The number of para-hydroxylation sites is 2. The van der Waals surface area contributed by atoms with Crippen LogP contribution in [0, 0.1) is 6.92 Å². The van der Waals surface area contributed by atoms with E-state index in [4.69, 9.17) is 0 Å². The topological polar surface area (TPSA) is 23.6 Å². The van der Waals surface area contributed by atoms with E-state index in [0.717, 1.165) is 27.1 Å². The van der Waals surface area contributed by atoms with Gasteiger partial charge in [0.25, 0.3) is 5.91 Å². The van der Waals surface area contributed by atoms with Gasteiger partial charge in [-0.3, -0.25) is 9.69 Å². The molecule has 0 N–H and O–H groups in total. The van der Waals surface area contributed by atoms with Crippen molar-refractivity contribution in [2.24, 2.45) is 0 Å². The van der Waals surface area contributed by atoms with Crippen LogP contribution in [0.25, 0.3) is 0 Å². The smallest absolute Gasteiger partial charge is 0.251 e. The Morgan fingerprint density at radius 2 is 1.80 bits per heavy atom. The van der Waals surface area contributed by atoms with Crippen molar-refractivity contribution in [3.63, 3.8) is 0 Å². The Balaban J connectivity index is 2.15. The number of carbonyl (C=O) groups excluding carboxylic acids is 1. The van der Waals surface area contributed by atoms with E-state index in [2.05, 4.69) is 15.9 Å². The average molecular weight is 331 g/mol. The minimum absolute atomic E-state index is 0.0851. The lowest BCUT2D eigenvalue weighted by Crippen LogP contribution is -2.41.